The molecule has 0 bridgehead atoms. The molecular weight excluding hydrogens is 254 g/mol. The first-order valence-electron chi connectivity index (χ1n) is 7.04. The van der Waals surface area contributed by atoms with Crippen molar-refractivity contribution in [3.05, 3.63) is 30.1 Å². The van der Waals surface area contributed by atoms with E-state index in [4.69, 9.17) is 4.74 Å². The van der Waals surface area contributed by atoms with E-state index in [2.05, 4.69) is 21.4 Å². The Labute approximate surface area is 119 Å². The van der Waals surface area contributed by atoms with E-state index >= 15 is 0 Å². The van der Waals surface area contributed by atoms with Gasteiger partial charge in [-0.1, -0.05) is 6.08 Å². The maximum atomic E-state index is 11.7. The molecule has 2 heterocycles. The lowest BCUT2D eigenvalue weighted by atomic mass is 9.97. The summed E-state index contributed by atoms with van der Waals surface area (Å²) in [5.41, 5.74) is 1.11. The Balaban J connectivity index is 2.09. The molecule has 0 unspecified atom stereocenters. The highest BCUT2D eigenvalue weighted by Crippen LogP contribution is 2.21. The van der Waals surface area contributed by atoms with Crippen LogP contribution in [0.2, 0.25) is 0 Å². The number of aryl methyl sites for hydroxylation is 1. The highest BCUT2D eigenvalue weighted by atomic mass is 16.5. The minimum Gasteiger partial charge on any atom is -0.462 e. The van der Waals surface area contributed by atoms with Crippen LogP contribution in [0, 0.1) is 12.8 Å². The number of anilines is 1. The molecule has 2 rings (SSSR count). The number of rotatable bonds is 4. The highest BCUT2D eigenvalue weighted by Gasteiger charge is 2.20. The van der Waals surface area contributed by atoms with E-state index in [9.17, 15) is 4.79 Å². The molecule has 1 aliphatic heterocycles. The topological polar surface area (TPSA) is 55.3 Å². The van der Waals surface area contributed by atoms with Crippen LogP contribution in [0.25, 0.3) is 0 Å². The number of hydrogen-bond donors (Lipinski definition) is 0. The van der Waals surface area contributed by atoms with Crippen LogP contribution < -0.4 is 4.90 Å². The molecule has 1 fully saturated rings. The summed E-state index contributed by atoms with van der Waals surface area (Å²) >= 11 is 0. The van der Waals surface area contributed by atoms with Gasteiger partial charge < -0.3 is 9.64 Å². The maximum absolute atomic E-state index is 11.7. The Hall–Kier alpha value is -1.91. The van der Waals surface area contributed by atoms with Crippen LogP contribution in [-0.4, -0.2) is 35.6 Å². The molecule has 0 amide bonds. The van der Waals surface area contributed by atoms with Crippen molar-refractivity contribution in [1.82, 2.24) is 9.97 Å². The van der Waals surface area contributed by atoms with Crippen molar-refractivity contribution in [2.45, 2.75) is 26.7 Å². The van der Waals surface area contributed by atoms with Gasteiger partial charge in [0.05, 0.1) is 17.9 Å². The standard InChI is InChI=1S/C15H21N3O2/c1-4-12-6-8-18(9-7-12)15-16-10-13(11(3)17-15)14(19)20-5-2/h4,10,12H,1,5-9H2,2-3H3. The van der Waals surface area contributed by atoms with Gasteiger partial charge in [0.1, 0.15) is 0 Å². The largest absolute Gasteiger partial charge is 0.462 e. The predicted molar refractivity (Wildman–Crippen MR) is 77.9 cm³/mol. The van der Waals surface area contributed by atoms with E-state index in [1.54, 1.807) is 13.1 Å². The second-order valence-corrected chi connectivity index (χ2v) is 4.95. The number of piperidine rings is 1. The lowest BCUT2D eigenvalue weighted by molar-refractivity contribution is 0.0524. The molecule has 0 N–H and O–H groups in total. The van der Waals surface area contributed by atoms with Crippen LogP contribution in [0.15, 0.2) is 18.9 Å². The third-order valence-corrected chi connectivity index (χ3v) is 3.62. The molecule has 1 aromatic rings. The first-order chi connectivity index (χ1) is 9.65. The Morgan fingerprint density at radius 3 is 2.80 bits per heavy atom. The van der Waals surface area contributed by atoms with Crippen molar-refractivity contribution in [2.24, 2.45) is 5.92 Å². The Morgan fingerprint density at radius 1 is 1.55 bits per heavy atom. The molecule has 1 saturated heterocycles. The average molecular weight is 275 g/mol. The molecule has 1 aliphatic rings. The van der Waals surface area contributed by atoms with Crippen LogP contribution >= 0.6 is 0 Å². The first-order valence-corrected chi connectivity index (χ1v) is 7.04. The number of ether oxygens (including phenoxy) is 1. The molecule has 20 heavy (non-hydrogen) atoms. The molecule has 0 saturated carbocycles. The van der Waals surface area contributed by atoms with E-state index in [1.165, 1.54) is 0 Å². The summed E-state index contributed by atoms with van der Waals surface area (Å²) in [7, 11) is 0. The normalized spacial score (nSPS) is 16.0. The average Bonchev–Trinajstić information content (AvgIpc) is 2.47. The summed E-state index contributed by atoms with van der Waals surface area (Å²) in [6.07, 6.45) is 5.74. The molecule has 5 nitrogen and oxygen atoms in total. The van der Waals surface area contributed by atoms with Crippen molar-refractivity contribution >= 4 is 11.9 Å². The molecular formula is C15H21N3O2. The second kappa shape index (κ2) is 6.50. The van der Waals surface area contributed by atoms with Gasteiger partial charge in [-0.05, 0) is 32.6 Å². The van der Waals surface area contributed by atoms with Crippen molar-refractivity contribution < 1.29 is 9.53 Å². The van der Waals surface area contributed by atoms with E-state index in [1.807, 2.05) is 13.0 Å². The summed E-state index contributed by atoms with van der Waals surface area (Å²) in [6, 6.07) is 0. The zero-order valence-electron chi connectivity index (χ0n) is 12.1. The lowest BCUT2D eigenvalue weighted by Crippen LogP contribution is -2.34. The smallest absolute Gasteiger partial charge is 0.341 e. The van der Waals surface area contributed by atoms with Crippen molar-refractivity contribution in [1.29, 1.82) is 0 Å². The van der Waals surface area contributed by atoms with Gasteiger partial charge >= 0.3 is 5.97 Å². The summed E-state index contributed by atoms with van der Waals surface area (Å²) in [5, 5.41) is 0. The molecule has 108 valence electrons. The van der Waals surface area contributed by atoms with Gasteiger partial charge in [-0.25, -0.2) is 14.8 Å². The molecule has 0 spiro atoms. The van der Waals surface area contributed by atoms with E-state index < -0.39 is 0 Å². The van der Waals surface area contributed by atoms with Crippen LogP contribution in [0.4, 0.5) is 5.95 Å². The number of aromatic nitrogens is 2. The molecule has 0 atom stereocenters. The molecule has 5 heteroatoms. The third kappa shape index (κ3) is 3.15. The van der Waals surface area contributed by atoms with Crippen molar-refractivity contribution in [2.75, 3.05) is 24.6 Å². The second-order valence-electron chi connectivity index (χ2n) is 4.95. The van der Waals surface area contributed by atoms with E-state index in [0.29, 0.717) is 29.7 Å². The van der Waals surface area contributed by atoms with Crippen molar-refractivity contribution in [3.8, 4) is 0 Å². The van der Waals surface area contributed by atoms with E-state index in [-0.39, 0.29) is 5.97 Å². The minimum atomic E-state index is -0.359. The summed E-state index contributed by atoms with van der Waals surface area (Å²) in [6.45, 7) is 9.65. The number of esters is 1. The summed E-state index contributed by atoms with van der Waals surface area (Å²) < 4.78 is 4.98. The highest BCUT2D eigenvalue weighted by molar-refractivity contribution is 5.90. The number of hydrogen-bond acceptors (Lipinski definition) is 5. The van der Waals surface area contributed by atoms with Crippen molar-refractivity contribution in [3.63, 3.8) is 0 Å². The zero-order chi connectivity index (χ0) is 14.5. The first kappa shape index (κ1) is 14.5. The zero-order valence-corrected chi connectivity index (χ0v) is 12.1. The molecule has 1 aromatic heterocycles. The Bertz CT molecular complexity index is 494. The minimum absolute atomic E-state index is 0.356. The molecule has 0 aliphatic carbocycles. The van der Waals surface area contributed by atoms with Gasteiger partial charge in [0.2, 0.25) is 5.95 Å². The Morgan fingerprint density at radius 2 is 2.25 bits per heavy atom. The Kier molecular flexibility index (Phi) is 4.71. The van der Waals surface area contributed by atoms with E-state index in [0.717, 1.165) is 25.9 Å². The van der Waals surface area contributed by atoms with Gasteiger partial charge in [0.25, 0.3) is 0 Å². The van der Waals surface area contributed by atoms with Crippen LogP contribution in [0.1, 0.15) is 35.8 Å². The quantitative estimate of drug-likeness (QED) is 0.623. The number of nitrogens with zero attached hydrogens (tertiary/aromatic N) is 3. The fourth-order valence-corrected chi connectivity index (χ4v) is 2.35. The van der Waals surface area contributed by atoms with Gasteiger partial charge in [0.15, 0.2) is 0 Å². The lowest BCUT2D eigenvalue weighted by Gasteiger charge is -2.30. The van der Waals surface area contributed by atoms with Crippen LogP contribution in [0.3, 0.4) is 0 Å². The van der Waals surface area contributed by atoms with Gasteiger partial charge in [0, 0.05) is 19.3 Å². The number of allylic oxidation sites excluding steroid dienone is 1. The SMILES string of the molecule is C=CC1CCN(c2ncc(C(=O)OCC)c(C)n2)CC1. The molecule has 0 aromatic carbocycles. The van der Waals surface area contributed by atoms with Crippen LogP contribution in [0.5, 0.6) is 0 Å². The summed E-state index contributed by atoms with van der Waals surface area (Å²) in [4.78, 5) is 22.6. The van der Waals surface area contributed by atoms with Gasteiger partial charge in [-0.15, -0.1) is 6.58 Å². The van der Waals surface area contributed by atoms with Gasteiger partial charge in [-0.3, -0.25) is 0 Å². The number of carbonyl (C=O) groups excluding carboxylic acids is 1. The fourth-order valence-electron chi connectivity index (χ4n) is 2.35. The number of carbonyl (C=O) groups is 1. The monoisotopic (exact) mass is 275 g/mol. The van der Waals surface area contributed by atoms with Crippen LogP contribution in [-0.2, 0) is 4.74 Å². The third-order valence-electron chi connectivity index (χ3n) is 3.62. The molecule has 0 radical (unpaired) electrons. The fraction of sp³-hybridized carbons (Fsp3) is 0.533. The maximum Gasteiger partial charge on any atom is 0.341 e. The predicted octanol–water partition coefficient (Wildman–Crippen LogP) is 2.36. The summed E-state index contributed by atoms with van der Waals surface area (Å²) in [5.74, 6) is 0.922. The van der Waals surface area contributed by atoms with Gasteiger partial charge in [-0.2, -0.15) is 0 Å².